The topological polar surface area (TPSA) is 12.0 Å². The van der Waals surface area contributed by atoms with E-state index in [1.807, 2.05) is 12.1 Å². The molecule has 1 aliphatic carbocycles. The molecule has 0 aliphatic heterocycles. The summed E-state index contributed by atoms with van der Waals surface area (Å²) < 4.78 is 0. The lowest BCUT2D eigenvalue weighted by molar-refractivity contribution is 0.519. The van der Waals surface area contributed by atoms with Crippen LogP contribution in [0.2, 0.25) is 0 Å². The van der Waals surface area contributed by atoms with Crippen molar-refractivity contribution >= 4 is 0 Å². The first-order valence-electron chi connectivity index (χ1n) is 6.68. The van der Waals surface area contributed by atoms with Gasteiger partial charge in [-0.2, -0.15) is 0 Å². The first-order chi connectivity index (χ1) is 9.32. The lowest BCUT2D eigenvalue weighted by Gasteiger charge is -2.18. The fourth-order valence-electron chi connectivity index (χ4n) is 2.45. The lowest BCUT2D eigenvalue weighted by atomic mass is 10.0. The summed E-state index contributed by atoms with van der Waals surface area (Å²) >= 11 is 0. The number of terminal acetylenes is 1. The van der Waals surface area contributed by atoms with Gasteiger partial charge in [0.1, 0.15) is 0 Å². The molecule has 1 aliphatic rings. The molecule has 0 heterocycles. The molecule has 94 valence electrons. The molecule has 1 nitrogen and oxygen atoms in total. The number of hydrogen-bond acceptors (Lipinski definition) is 1. The average Bonchev–Trinajstić information content (AvgIpc) is 3.28. The predicted molar refractivity (Wildman–Crippen MR) is 78.6 cm³/mol. The van der Waals surface area contributed by atoms with Crippen molar-refractivity contribution < 1.29 is 0 Å². The van der Waals surface area contributed by atoms with Gasteiger partial charge in [-0.15, -0.1) is 6.42 Å². The quantitative estimate of drug-likeness (QED) is 0.816. The number of rotatable bonds is 4. The zero-order chi connectivity index (χ0) is 13.1. The number of benzene rings is 2. The van der Waals surface area contributed by atoms with E-state index in [2.05, 4.69) is 53.7 Å². The van der Waals surface area contributed by atoms with Crippen molar-refractivity contribution in [1.29, 1.82) is 0 Å². The van der Waals surface area contributed by atoms with E-state index in [9.17, 15) is 0 Å². The molecule has 0 saturated heterocycles. The monoisotopic (exact) mass is 247 g/mol. The van der Waals surface area contributed by atoms with E-state index in [0.717, 1.165) is 12.1 Å². The highest BCUT2D eigenvalue weighted by molar-refractivity contribution is 5.39. The first kappa shape index (κ1) is 12.0. The lowest BCUT2D eigenvalue weighted by Crippen LogP contribution is -2.28. The van der Waals surface area contributed by atoms with Gasteiger partial charge in [0.25, 0.3) is 0 Å². The largest absolute Gasteiger partial charge is 0.303 e. The highest BCUT2D eigenvalue weighted by Crippen LogP contribution is 2.45. The van der Waals surface area contributed by atoms with Crippen LogP contribution in [0.25, 0.3) is 0 Å². The van der Waals surface area contributed by atoms with Crippen LogP contribution in [0.15, 0.2) is 54.6 Å². The molecule has 1 saturated carbocycles. The zero-order valence-corrected chi connectivity index (χ0v) is 10.9. The Morgan fingerprint density at radius 3 is 2.26 bits per heavy atom. The Hall–Kier alpha value is -2.04. The molecule has 1 fully saturated rings. The van der Waals surface area contributed by atoms with E-state index in [1.165, 1.54) is 24.0 Å². The minimum absolute atomic E-state index is 0.170. The summed E-state index contributed by atoms with van der Waals surface area (Å²) in [4.78, 5) is 0. The molecule has 0 unspecified atom stereocenters. The summed E-state index contributed by atoms with van der Waals surface area (Å²) in [5, 5.41) is 3.69. The van der Waals surface area contributed by atoms with E-state index in [4.69, 9.17) is 6.42 Å². The van der Waals surface area contributed by atoms with Gasteiger partial charge in [0.2, 0.25) is 0 Å². The van der Waals surface area contributed by atoms with E-state index >= 15 is 0 Å². The Kier molecular flexibility index (Phi) is 3.11. The smallest absolute Gasteiger partial charge is 0.0438 e. The van der Waals surface area contributed by atoms with Crippen LogP contribution in [-0.2, 0) is 12.1 Å². The third-order valence-electron chi connectivity index (χ3n) is 3.83. The van der Waals surface area contributed by atoms with Crippen LogP contribution < -0.4 is 5.32 Å². The van der Waals surface area contributed by atoms with Crippen molar-refractivity contribution in [2.45, 2.75) is 24.9 Å². The molecule has 1 N–H and O–H groups in total. The van der Waals surface area contributed by atoms with Crippen LogP contribution in [0.1, 0.15) is 29.5 Å². The van der Waals surface area contributed by atoms with Gasteiger partial charge in [-0.25, -0.2) is 0 Å². The maximum absolute atomic E-state index is 5.39. The fraction of sp³-hybridized carbons (Fsp3) is 0.222. The van der Waals surface area contributed by atoms with Crippen molar-refractivity contribution in [3.05, 3.63) is 71.3 Å². The Labute approximate surface area is 114 Å². The highest BCUT2D eigenvalue weighted by Gasteiger charge is 2.43. The van der Waals surface area contributed by atoms with Crippen LogP contribution in [0, 0.1) is 12.3 Å². The second-order valence-corrected chi connectivity index (χ2v) is 5.14. The second kappa shape index (κ2) is 4.91. The van der Waals surface area contributed by atoms with Gasteiger partial charge < -0.3 is 5.32 Å². The molecule has 2 aromatic carbocycles. The second-order valence-electron chi connectivity index (χ2n) is 5.14. The molecule has 3 rings (SSSR count). The molecule has 0 bridgehead atoms. The summed E-state index contributed by atoms with van der Waals surface area (Å²) in [6, 6.07) is 18.9. The van der Waals surface area contributed by atoms with Crippen LogP contribution in [0.5, 0.6) is 0 Å². The fourth-order valence-corrected chi connectivity index (χ4v) is 2.45. The minimum Gasteiger partial charge on any atom is -0.303 e. The summed E-state index contributed by atoms with van der Waals surface area (Å²) in [6.07, 6.45) is 7.80. The molecule has 2 aromatic rings. The molecule has 0 spiro atoms. The van der Waals surface area contributed by atoms with Crippen molar-refractivity contribution in [1.82, 2.24) is 5.32 Å². The Bertz CT molecular complexity index is 586. The SMILES string of the molecule is C#Cc1ccc(C2(NCc3ccccc3)CC2)cc1. The first-order valence-corrected chi connectivity index (χ1v) is 6.68. The van der Waals surface area contributed by atoms with Gasteiger partial charge >= 0.3 is 0 Å². The van der Waals surface area contributed by atoms with Crippen LogP contribution in [0.3, 0.4) is 0 Å². The Morgan fingerprint density at radius 1 is 1.00 bits per heavy atom. The van der Waals surface area contributed by atoms with E-state index in [-0.39, 0.29) is 5.54 Å². The van der Waals surface area contributed by atoms with E-state index < -0.39 is 0 Å². The van der Waals surface area contributed by atoms with Gasteiger partial charge in [-0.05, 0) is 36.1 Å². The maximum atomic E-state index is 5.39. The third-order valence-corrected chi connectivity index (χ3v) is 3.83. The third kappa shape index (κ3) is 2.54. The molecule has 0 aromatic heterocycles. The predicted octanol–water partition coefficient (Wildman–Crippen LogP) is 3.45. The molecular formula is C18H17N. The molecule has 0 radical (unpaired) electrons. The van der Waals surface area contributed by atoms with Gasteiger partial charge in [-0.3, -0.25) is 0 Å². The van der Waals surface area contributed by atoms with Crippen LogP contribution in [0.4, 0.5) is 0 Å². The van der Waals surface area contributed by atoms with Gasteiger partial charge in [0, 0.05) is 17.6 Å². The van der Waals surface area contributed by atoms with Crippen molar-refractivity contribution in [2.24, 2.45) is 0 Å². The van der Waals surface area contributed by atoms with Crippen LogP contribution >= 0.6 is 0 Å². The van der Waals surface area contributed by atoms with E-state index in [1.54, 1.807) is 0 Å². The molecular weight excluding hydrogens is 230 g/mol. The standard InChI is InChI=1S/C18H17N/c1-2-15-8-10-17(11-9-15)18(12-13-18)19-14-16-6-4-3-5-7-16/h1,3-11,19H,12-14H2. The van der Waals surface area contributed by atoms with Gasteiger partial charge in [0.05, 0.1) is 0 Å². The van der Waals surface area contributed by atoms with Crippen molar-refractivity contribution in [3.63, 3.8) is 0 Å². The molecule has 0 atom stereocenters. The molecule has 19 heavy (non-hydrogen) atoms. The normalized spacial score (nSPS) is 15.7. The average molecular weight is 247 g/mol. The summed E-state index contributed by atoms with van der Waals surface area (Å²) in [5.74, 6) is 2.66. The zero-order valence-electron chi connectivity index (χ0n) is 10.9. The molecule has 1 heteroatoms. The van der Waals surface area contributed by atoms with E-state index in [0.29, 0.717) is 0 Å². The highest BCUT2D eigenvalue weighted by atomic mass is 15.0. The Morgan fingerprint density at radius 2 is 1.68 bits per heavy atom. The van der Waals surface area contributed by atoms with Crippen molar-refractivity contribution in [3.8, 4) is 12.3 Å². The minimum atomic E-state index is 0.170. The summed E-state index contributed by atoms with van der Waals surface area (Å²) in [5.41, 5.74) is 3.79. The number of nitrogens with one attached hydrogen (secondary N) is 1. The maximum Gasteiger partial charge on any atom is 0.0438 e. The van der Waals surface area contributed by atoms with Crippen molar-refractivity contribution in [2.75, 3.05) is 0 Å². The van der Waals surface area contributed by atoms with Gasteiger partial charge in [-0.1, -0.05) is 48.4 Å². The summed E-state index contributed by atoms with van der Waals surface area (Å²) in [6.45, 7) is 0.914. The number of hydrogen-bond donors (Lipinski definition) is 1. The molecule has 0 amide bonds. The van der Waals surface area contributed by atoms with Crippen LogP contribution in [-0.4, -0.2) is 0 Å². The van der Waals surface area contributed by atoms with Gasteiger partial charge in [0.15, 0.2) is 0 Å². The Balaban J connectivity index is 1.71. The summed E-state index contributed by atoms with van der Waals surface area (Å²) in [7, 11) is 0.